The molecule has 2 amide bonds. The summed E-state index contributed by atoms with van der Waals surface area (Å²) >= 11 is 5.97. The molecule has 1 aromatic carbocycles. The number of sulfonamides is 1. The van der Waals surface area contributed by atoms with Crippen molar-refractivity contribution in [3.8, 4) is 0 Å². The molecule has 186 valence electrons. The van der Waals surface area contributed by atoms with Crippen molar-refractivity contribution in [2.75, 3.05) is 31.9 Å². The van der Waals surface area contributed by atoms with E-state index >= 15 is 0 Å². The fourth-order valence-corrected chi connectivity index (χ4v) is 5.40. The number of hydrogen-bond acceptors (Lipinski definition) is 4. The van der Waals surface area contributed by atoms with Gasteiger partial charge in [-0.1, -0.05) is 43.7 Å². The standard InChI is InChI=1S/C24H38ClN3O4S/c1-6-33(31,32)27(15-18(2)3)17-23(29)28(16-21-9-7-19(4)8-10-21)22-11-13-26(14-12-22)24(30)20(5)25/h7-10,18,20,22H,6,11-17H2,1-5H3/t20-/m1/s1. The topological polar surface area (TPSA) is 78.0 Å². The van der Waals surface area contributed by atoms with Crippen LogP contribution in [0.2, 0.25) is 0 Å². The van der Waals surface area contributed by atoms with Crippen LogP contribution in [0.5, 0.6) is 0 Å². The lowest BCUT2D eigenvalue weighted by atomic mass is 10.0. The minimum atomic E-state index is -3.50. The number of alkyl halides is 1. The van der Waals surface area contributed by atoms with Crippen molar-refractivity contribution in [3.05, 3.63) is 35.4 Å². The molecule has 0 aromatic heterocycles. The van der Waals surface area contributed by atoms with Gasteiger partial charge in [-0.2, -0.15) is 4.31 Å². The van der Waals surface area contributed by atoms with Gasteiger partial charge in [0.1, 0.15) is 5.38 Å². The molecule has 1 aliphatic rings. The summed E-state index contributed by atoms with van der Waals surface area (Å²) in [6.07, 6.45) is 1.27. The van der Waals surface area contributed by atoms with Crippen LogP contribution >= 0.6 is 11.6 Å². The number of rotatable bonds is 10. The molecule has 2 rings (SSSR count). The Hall–Kier alpha value is -1.64. The fraction of sp³-hybridized carbons (Fsp3) is 0.667. The van der Waals surface area contributed by atoms with Crippen molar-refractivity contribution in [1.29, 1.82) is 0 Å². The number of aryl methyl sites for hydroxylation is 1. The van der Waals surface area contributed by atoms with Gasteiger partial charge in [0.25, 0.3) is 0 Å². The van der Waals surface area contributed by atoms with Crippen LogP contribution in [0.15, 0.2) is 24.3 Å². The highest BCUT2D eigenvalue weighted by Crippen LogP contribution is 2.22. The van der Waals surface area contributed by atoms with Gasteiger partial charge in [0.15, 0.2) is 0 Å². The Bertz CT molecular complexity index is 895. The van der Waals surface area contributed by atoms with Gasteiger partial charge in [0.05, 0.1) is 12.3 Å². The second-order valence-electron chi connectivity index (χ2n) is 9.27. The average Bonchev–Trinajstić information content (AvgIpc) is 2.77. The lowest BCUT2D eigenvalue weighted by Gasteiger charge is -2.39. The van der Waals surface area contributed by atoms with E-state index in [1.807, 2.05) is 45.0 Å². The van der Waals surface area contributed by atoms with Crippen molar-refractivity contribution >= 4 is 33.4 Å². The summed E-state index contributed by atoms with van der Waals surface area (Å²) in [5.74, 6) is -0.230. The predicted molar refractivity (Wildman–Crippen MR) is 133 cm³/mol. The molecule has 0 saturated carbocycles. The highest BCUT2D eigenvalue weighted by molar-refractivity contribution is 7.89. The number of likely N-dealkylation sites (tertiary alicyclic amines) is 1. The third-order valence-corrected chi connectivity index (χ3v) is 7.97. The van der Waals surface area contributed by atoms with E-state index in [0.29, 0.717) is 39.0 Å². The van der Waals surface area contributed by atoms with E-state index in [2.05, 4.69) is 0 Å². The first-order valence-corrected chi connectivity index (χ1v) is 13.7. The Kier molecular flexibility index (Phi) is 10.2. The van der Waals surface area contributed by atoms with Gasteiger partial charge >= 0.3 is 0 Å². The Morgan fingerprint density at radius 2 is 1.70 bits per heavy atom. The number of carbonyl (C=O) groups is 2. The van der Waals surface area contributed by atoms with Gasteiger partial charge in [-0.3, -0.25) is 9.59 Å². The molecule has 0 N–H and O–H groups in total. The predicted octanol–water partition coefficient (Wildman–Crippen LogP) is 3.25. The van der Waals surface area contributed by atoms with Gasteiger partial charge in [-0.05, 0) is 45.1 Å². The minimum absolute atomic E-state index is 0.0396. The molecule has 0 radical (unpaired) electrons. The van der Waals surface area contributed by atoms with E-state index < -0.39 is 15.4 Å². The molecule has 1 atom stereocenters. The van der Waals surface area contributed by atoms with Crippen LogP contribution in [0.25, 0.3) is 0 Å². The summed E-state index contributed by atoms with van der Waals surface area (Å²) in [7, 11) is -3.50. The Labute approximate surface area is 204 Å². The molecule has 33 heavy (non-hydrogen) atoms. The lowest BCUT2D eigenvalue weighted by Crippen LogP contribution is -2.52. The number of benzene rings is 1. The van der Waals surface area contributed by atoms with Crippen molar-refractivity contribution in [1.82, 2.24) is 14.1 Å². The van der Waals surface area contributed by atoms with Crippen LogP contribution in [0.1, 0.15) is 51.7 Å². The highest BCUT2D eigenvalue weighted by Gasteiger charge is 2.33. The van der Waals surface area contributed by atoms with Crippen LogP contribution in [0, 0.1) is 12.8 Å². The van der Waals surface area contributed by atoms with Crippen molar-refractivity contribution < 1.29 is 18.0 Å². The van der Waals surface area contributed by atoms with Crippen LogP contribution in [-0.2, 0) is 26.2 Å². The van der Waals surface area contributed by atoms with Gasteiger partial charge < -0.3 is 9.80 Å². The number of piperidine rings is 1. The monoisotopic (exact) mass is 499 g/mol. The Morgan fingerprint density at radius 1 is 1.12 bits per heavy atom. The van der Waals surface area contributed by atoms with E-state index in [-0.39, 0.29) is 36.1 Å². The first kappa shape index (κ1) is 27.6. The van der Waals surface area contributed by atoms with E-state index in [4.69, 9.17) is 11.6 Å². The summed E-state index contributed by atoms with van der Waals surface area (Å²) in [5.41, 5.74) is 2.13. The Morgan fingerprint density at radius 3 is 2.18 bits per heavy atom. The summed E-state index contributed by atoms with van der Waals surface area (Å²) in [6, 6.07) is 7.94. The molecule has 1 aliphatic heterocycles. The summed E-state index contributed by atoms with van der Waals surface area (Å²) in [6.45, 7) is 10.8. The molecular weight excluding hydrogens is 462 g/mol. The lowest BCUT2D eigenvalue weighted by molar-refractivity contribution is -0.137. The summed E-state index contributed by atoms with van der Waals surface area (Å²) in [4.78, 5) is 29.3. The van der Waals surface area contributed by atoms with Crippen LogP contribution in [0.3, 0.4) is 0 Å². The largest absolute Gasteiger partial charge is 0.341 e. The van der Waals surface area contributed by atoms with E-state index in [9.17, 15) is 18.0 Å². The maximum absolute atomic E-state index is 13.5. The van der Waals surface area contributed by atoms with Crippen molar-refractivity contribution in [2.24, 2.45) is 5.92 Å². The molecule has 1 aromatic rings. The number of hydrogen-bond donors (Lipinski definition) is 0. The maximum Gasteiger partial charge on any atom is 0.240 e. The molecule has 9 heteroatoms. The Balaban J connectivity index is 2.23. The molecule has 0 aliphatic carbocycles. The second-order valence-corrected chi connectivity index (χ2v) is 12.2. The van der Waals surface area contributed by atoms with Gasteiger partial charge in [0, 0.05) is 32.2 Å². The maximum atomic E-state index is 13.5. The molecule has 0 unspecified atom stereocenters. The second kappa shape index (κ2) is 12.2. The number of halogens is 1. The zero-order chi connectivity index (χ0) is 24.8. The first-order chi connectivity index (χ1) is 15.4. The van der Waals surface area contributed by atoms with Crippen molar-refractivity contribution in [2.45, 2.75) is 65.4 Å². The van der Waals surface area contributed by atoms with E-state index in [1.54, 1.807) is 23.6 Å². The molecule has 1 heterocycles. The number of carbonyl (C=O) groups excluding carboxylic acids is 2. The van der Waals surface area contributed by atoms with Gasteiger partial charge in [-0.25, -0.2) is 8.42 Å². The van der Waals surface area contributed by atoms with E-state index in [1.165, 1.54) is 4.31 Å². The zero-order valence-corrected chi connectivity index (χ0v) is 22.0. The molecule has 0 spiro atoms. The molecule has 1 fully saturated rings. The average molecular weight is 500 g/mol. The third kappa shape index (κ3) is 7.97. The van der Waals surface area contributed by atoms with Crippen molar-refractivity contribution in [3.63, 3.8) is 0 Å². The molecule has 1 saturated heterocycles. The highest BCUT2D eigenvalue weighted by atomic mass is 35.5. The smallest absolute Gasteiger partial charge is 0.240 e. The van der Waals surface area contributed by atoms with Gasteiger partial charge in [-0.15, -0.1) is 11.6 Å². The SMILES string of the molecule is CCS(=O)(=O)N(CC(=O)N(Cc1ccc(C)cc1)C1CCN(C(=O)[C@@H](C)Cl)CC1)CC(C)C. The first-order valence-electron chi connectivity index (χ1n) is 11.7. The zero-order valence-electron chi connectivity index (χ0n) is 20.5. The fourth-order valence-electron chi connectivity index (χ4n) is 4.07. The molecule has 0 bridgehead atoms. The third-order valence-electron chi connectivity index (χ3n) is 5.99. The quantitative estimate of drug-likeness (QED) is 0.463. The minimum Gasteiger partial charge on any atom is -0.341 e. The normalized spacial score (nSPS) is 16.3. The summed E-state index contributed by atoms with van der Waals surface area (Å²) < 4.78 is 26.6. The van der Waals surface area contributed by atoms with Gasteiger partial charge in [0.2, 0.25) is 21.8 Å². The van der Waals surface area contributed by atoms with Crippen LogP contribution < -0.4 is 0 Å². The number of nitrogens with zero attached hydrogens (tertiary/aromatic N) is 3. The van der Waals surface area contributed by atoms with Crippen LogP contribution in [0.4, 0.5) is 0 Å². The molecule has 7 nitrogen and oxygen atoms in total. The van der Waals surface area contributed by atoms with Crippen LogP contribution in [-0.4, -0.2) is 77.7 Å². The number of amides is 2. The summed E-state index contributed by atoms with van der Waals surface area (Å²) in [5, 5.41) is -0.573. The molecular formula is C24H38ClN3O4S. The van der Waals surface area contributed by atoms with E-state index in [0.717, 1.165) is 11.1 Å².